The van der Waals surface area contributed by atoms with E-state index in [2.05, 4.69) is 29.3 Å². The molecule has 3 rings (SSSR count). The predicted molar refractivity (Wildman–Crippen MR) is 111 cm³/mol. The Kier molecular flexibility index (Phi) is 6.73. The zero-order valence-corrected chi connectivity index (χ0v) is 17.2. The highest BCUT2D eigenvalue weighted by Crippen LogP contribution is 2.24. The summed E-state index contributed by atoms with van der Waals surface area (Å²) < 4.78 is 11.4. The van der Waals surface area contributed by atoms with Crippen LogP contribution in [0.25, 0.3) is 0 Å². The molecule has 0 atom stereocenters. The Morgan fingerprint density at radius 1 is 1.24 bits per heavy atom. The van der Waals surface area contributed by atoms with Crippen LogP contribution in [0.1, 0.15) is 29.2 Å². The zero-order chi connectivity index (χ0) is 20.8. The summed E-state index contributed by atoms with van der Waals surface area (Å²) in [5, 5.41) is 12.0. The molecule has 6 heteroatoms. The fourth-order valence-corrected chi connectivity index (χ4v) is 3.45. The topological polar surface area (TPSA) is 74.6 Å². The summed E-state index contributed by atoms with van der Waals surface area (Å²) >= 11 is 0. The molecule has 1 aliphatic rings. The predicted octanol–water partition coefficient (Wildman–Crippen LogP) is 3.02. The zero-order valence-electron chi connectivity index (χ0n) is 17.2. The van der Waals surface area contributed by atoms with Crippen LogP contribution in [0.5, 0.6) is 11.5 Å². The minimum absolute atomic E-state index is 0.107. The van der Waals surface area contributed by atoms with Crippen molar-refractivity contribution in [1.82, 2.24) is 10.2 Å². The van der Waals surface area contributed by atoms with E-state index in [-0.39, 0.29) is 11.8 Å². The number of nitrogens with zero attached hydrogens (tertiary/aromatic N) is 2. The lowest BCUT2D eigenvalue weighted by molar-refractivity contribution is -0.129. The van der Waals surface area contributed by atoms with Crippen molar-refractivity contribution in [1.29, 1.82) is 5.26 Å². The van der Waals surface area contributed by atoms with Gasteiger partial charge in [0, 0.05) is 26.7 Å². The quantitative estimate of drug-likeness (QED) is 0.746. The Bertz CT molecular complexity index is 914. The first-order valence-corrected chi connectivity index (χ1v) is 9.86. The molecule has 1 heterocycles. The van der Waals surface area contributed by atoms with Crippen LogP contribution in [0.15, 0.2) is 36.4 Å². The van der Waals surface area contributed by atoms with Gasteiger partial charge in [0.25, 0.3) is 0 Å². The monoisotopic (exact) mass is 393 g/mol. The Morgan fingerprint density at radius 3 is 2.69 bits per heavy atom. The molecule has 1 N–H and O–H groups in total. The molecule has 0 saturated carbocycles. The average molecular weight is 393 g/mol. The molecule has 0 spiro atoms. The van der Waals surface area contributed by atoms with Gasteiger partial charge in [-0.15, -0.1) is 0 Å². The van der Waals surface area contributed by atoms with Crippen molar-refractivity contribution in [3.63, 3.8) is 0 Å². The number of nitrogens with one attached hydrogen (secondary N) is 1. The van der Waals surface area contributed by atoms with Crippen LogP contribution in [0.4, 0.5) is 0 Å². The number of amides is 1. The van der Waals surface area contributed by atoms with E-state index in [1.165, 1.54) is 5.56 Å². The maximum absolute atomic E-state index is 11.6. The van der Waals surface area contributed by atoms with E-state index in [1.54, 1.807) is 13.1 Å². The lowest BCUT2D eigenvalue weighted by Gasteiger charge is -2.38. The summed E-state index contributed by atoms with van der Waals surface area (Å²) in [7, 11) is 1.68. The molecule has 152 valence electrons. The van der Waals surface area contributed by atoms with Crippen molar-refractivity contribution in [2.45, 2.75) is 27.0 Å². The lowest BCUT2D eigenvalue weighted by atomic mass is 9.97. The summed E-state index contributed by atoms with van der Waals surface area (Å²) in [6.45, 7) is 7.33. The molecule has 29 heavy (non-hydrogen) atoms. The molecule has 2 aromatic rings. The Balaban J connectivity index is 1.56. The van der Waals surface area contributed by atoms with Crippen molar-refractivity contribution in [2.24, 2.45) is 5.92 Å². The Morgan fingerprint density at radius 2 is 2.03 bits per heavy atom. The van der Waals surface area contributed by atoms with Gasteiger partial charge < -0.3 is 14.8 Å². The standard InChI is InChI=1S/C23H27N3O3/c1-4-28-22-8-5-17(10-19(22)11-24)15-29-21-7-6-18(16(2)9-21)12-26-13-20(14-26)23(27)25-3/h5-10,20H,4,12-15H2,1-3H3,(H,25,27). The third kappa shape index (κ3) is 5.07. The molecule has 0 aliphatic carbocycles. The first-order chi connectivity index (χ1) is 14.0. The van der Waals surface area contributed by atoms with Crippen molar-refractivity contribution in [3.05, 3.63) is 58.7 Å². The van der Waals surface area contributed by atoms with Gasteiger partial charge in [-0.2, -0.15) is 5.26 Å². The molecule has 2 aromatic carbocycles. The summed E-state index contributed by atoms with van der Waals surface area (Å²) in [6.07, 6.45) is 0. The number of hydrogen-bond acceptors (Lipinski definition) is 5. The number of carbonyl (C=O) groups is 1. The second-order valence-corrected chi connectivity index (χ2v) is 7.26. The fraction of sp³-hybridized carbons (Fsp3) is 0.391. The molecule has 0 aromatic heterocycles. The number of benzene rings is 2. The molecule has 1 amide bonds. The second-order valence-electron chi connectivity index (χ2n) is 7.26. The molecule has 1 saturated heterocycles. The molecule has 0 bridgehead atoms. The fourth-order valence-electron chi connectivity index (χ4n) is 3.45. The third-order valence-electron chi connectivity index (χ3n) is 5.15. The maximum atomic E-state index is 11.6. The van der Waals surface area contributed by atoms with Crippen molar-refractivity contribution >= 4 is 5.91 Å². The number of carbonyl (C=O) groups excluding carboxylic acids is 1. The van der Waals surface area contributed by atoms with E-state index in [9.17, 15) is 10.1 Å². The average Bonchev–Trinajstić information content (AvgIpc) is 2.70. The van der Waals surface area contributed by atoms with Crippen LogP contribution in [0.3, 0.4) is 0 Å². The summed E-state index contributed by atoms with van der Waals surface area (Å²) in [6, 6.07) is 13.8. The minimum Gasteiger partial charge on any atom is -0.492 e. The summed E-state index contributed by atoms with van der Waals surface area (Å²) in [4.78, 5) is 13.9. The summed E-state index contributed by atoms with van der Waals surface area (Å²) in [5.74, 6) is 1.62. The molecule has 1 fully saturated rings. The molecule has 0 radical (unpaired) electrons. The van der Waals surface area contributed by atoms with Gasteiger partial charge in [0.05, 0.1) is 18.1 Å². The van der Waals surface area contributed by atoms with Crippen molar-refractivity contribution < 1.29 is 14.3 Å². The van der Waals surface area contributed by atoms with Gasteiger partial charge in [-0.1, -0.05) is 12.1 Å². The normalized spacial score (nSPS) is 14.0. The highest BCUT2D eigenvalue weighted by atomic mass is 16.5. The first kappa shape index (κ1) is 20.7. The molecular weight excluding hydrogens is 366 g/mol. The number of nitriles is 1. The maximum Gasteiger partial charge on any atom is 0.225 e. The minimum atomic E-state index is 0.107. The van der Waals surface area contributed by atoms with Gasteiger partial charge in [-0.05, 0) is 54.8 Å². The van der Waals surface area contributed by atoms with Crippen molar-refractivity contribution in [3.8, 4) is 17.6 Å². The largest absolute Gasteiger partial charge is 0.492 e. The molecule has 1 aliphatic heterocycles. The Hall–Kier alpha value is -3.04. The molecular formula is C23H27N3O3. The van der Waals surface area contributed by atoms with Crippen LogP contribution in [0.2, 0.25) is 0 Å². The van der Waals surface area contributed by atoms with E-state index in [1.807, 2.05) is 31.2 Å². The number of hydrogen-bond donors (Lipinski definition) is 1. The third-order valence-corrected chi connectivity index (χ3v) is 5.15. The first-order valence-electron chi connectivity index (χ1n) is 9.86. The van der Waals surface area contributed by atoms with Gasteiger partial charge in [0.2, 0.25) is 5.91 Å². The van der Waals surface area contributed by atoms with Crippen LogP contribution in [0, 0.1) is 24.2 Å². The van der Waals surface area contributed by atoms with Gasteiger partial charge in [0.15, 0.2) is 0 Å². The van der Waals surface area contributed by atoms with E-state index in [0.717, 1.165) is 36.5 Å². The van der Waals surface area contributed by atoms with Crippen LogP contribution >= 0.6 is 0 Å². The highest BCUT2D eigenvalue weighted by molar-refractivity contribution is 5.79. The van der Waals surface area contributed by atoms with Crippen LogP contribution < -0.4 is 14.8 Å². The van der Waals surface area contributed by atoms with E-state index in [4.69, 9.17) is 9.47 Å². The van der Waals surface area contributed by atoms with Crippen molar-refractivity contribution in [2.75, 3.05) is 26.7 Å². The smallest absolute Gasteiger partial charge is 0.225 e. The van der Waals surface area contributed by atoms with Gasteiger partial charge in [-0.3, -0.25) is 9.69 Å². The Labute approximate surface area is 172 Å². The SMILES string of the molecule is CCOc1ccc(COc2ccc(CN3CC(C(=O)NC)C3)c(C)c2)cc1C#N. The van der Waals surface area contributed by atoms with E-state index in [0.29, 0.717) is 24.5 Å². The van der Waals surface area contributed by atoms with Crippen LogP contribution in [-0.4, -0.2) is 37.6 Å². The number of rotatable bonds is 8. The van der Waals surface area contributed by atoms with Gasteiger partial charge in [-0.25, -0.2) is 0 Å². The van der Waals surface area contributed by atoms with E-state index >= 15 is 0 Å². The highest BCUT2D eigenvalue weighted by Gasteiger charge is 2.31. The van der Waals surface area contributed by atoms with Gasteiger partial charge >= 0.3 is 0 Å². The summed E-state index contributed by atoms with van der Waals surface area (Å²) in [5.41, 5.74) is 3.84. The number of aryl methyl sites for hydroxylation is 1. The molecule has 0 unspecified atom stereocenters. The second kappa shape index (κ2) is 9.44. The lowest BCUT2D eigenvalue weighted by Crippen LogP contribution is -2.52. The van der Waals surface area contributed by atoms with Gasteiger partial charge in [0.1, 0.15) is 24.2 Å². The van der Waals surface area contributed by atoms with Crippen LogP contribution in [-0.2, 0) is 17.9 Å². The number of likely N-dealkylation sites (tertiary alicyclic amines) is 1. The number of ether oxygens (including phenoxy) is 2. The van der Waals surface area contributed by atoms with E-state index < -0.39 is 0 Å². The molecule has 6 nitrogen and oxygen atoms in total.